The largest absolute Gasteiger partial charge is 0.385 e. The number of hydrogen-bond acceptors (Lipinski definition) is 4. The second-order valence-electron chi connectivity index (χ2n) is 2.68. The molecule has 0 bridgehead atoms. The topological polar surface area (TPSA) is 45.9 Å². The summed E-state index contributed by atoms with van der Waals surface area (Å²) in [6.45, 7) is 0.781. The van der Waals surface area contributed by atoms with Crippen LogP contribution in [0.4, 0.5) is 0 Å². The summed E-state index contributed by atoms with van der Waals surface area (Å²) in [6, 6.07) is 5.74. The molecule has 14 heavy (non-hydrogen) atoms. The molecule has 0 N–H and O–H groups in total. The van der Waals surface area contributed by atoms with E-state index in [9.17, 15) is 0 Å². The molecule has 0 aliphatic rings. The molecule has 0 fully saturated rings. The van der Waals surface area contributed by atoms with Gasteiger partial charge in [0.15, 0.2) is 0 Å². The van der Waals surface area contributed by atoms with Gasteiger partial charge >= 0.3 is 0 Å². The van der Waals surface area contributed by atoms with Gasteiger partial charge in [-0.1, -0.05) is 0 Å². The highest BCUT2D eigenvalue weighted by Gasteiger charge is 1.96. The number of methoxy groups -OCH3 is 1. The van der Waals surface area contributed by atoms with Crippen molar-refractivity contribution in [3.8, 4) is 6.07 Å². The normalized spacial score (nSPS) is 9.71. The van der Waals surface area contributed by atoms with Crippen molar-refractivity contribution >= 4 is 11.8 Å². The van der Waals surface area contributed by atoms with Crippen LogP contribution in [0.15, 0.2) is 23.2 Å². The minimum absolute atomic E-state index is 0.474. The molecule has 74 valence electrons. The Kier molecular flexibility index (Phi) is 5.05. The third-order valence-corrected chi connectivity index (χ3v) is 2.69. The number of nitrogens with zero attached hydrogens (tertiary/aromatic N) is 2. The van der Waals surface area contributed by atoms with Crippen LogP contribution in [-0.2, 0) is 4.74 Å². The molecule has 3 nitrogen and oxygen atoms in total. The molecule has 0 unspecified atom stereocenters. The van der Waals surface area contributed by atoms with E-state index in [1.54, 1.807) is 31.1 Å². The molecular formula is C10H12N2OS. The Morgan fingerprint density at radius 3 is 3.21 bits per heavy atom. The number of ether oxygens (including phenoxy) is 1. The van der Waals surface area contributed by atoms with Gasteiger partial charge in [0.25, 0.3) is 0 Å². The first-order valence-electron chi connectivity index (χ1n) is 4.34. The average Bonchev–Trinajstić information content (AvgIpc) is 2.25. The Morgan fingerprint density at radius 1 is 1.64 bits per heavy atom. The summed E-state index contributed by atoms with van der Waals surface area (Å²) in [6.07, 6.45) is 2.68. The van der Waals surface area contributed by atoms with Gasteiger partial charge in [-0.15, -0.1) is 11.8 Å². The highest BCUT2D eigenvalue weighted by Crippen LogP contribution is 2.18. The molecule has 4 heteroatoms. The molecule has 1 rings (SSSR count). The van der Waals surface area contributed by atoms with Crippen LogP contribution >= 0.6 is 11.8 Å². The fourth-order valence-electron chi connectivity index (χ4n) is 0.955. The van der Waals surface area contributed by atoms with Gasteiger partial charge in [-0.3, -0.25) is 0 Å². The van der Waals surface area contributed by atoms with Crippen molar-refractivity contribution < 1.29 is 4.74 Å². The lowest BCUT2D eigenvalue weighted by Gasteiger charge is -2.00. The number of rotatable bonds is 5. The zero-order valence-corrected chi connectivity index (χ0v) is 8.88. The number of nitriles is 1. The molecule has 0 saturated carbocycles. The number of pyridine rings is 1. The first-order chi connectivity index (χ1) is 6.86. The van der Waals surface area contributed by atoms with Crippen LogP contribution in [0.5, 0.6) is 0 Å². The first kappa shape index (κ1) is 11.0. The fourth-order valence-corrected chi connectivity index (χ4v) is 1.81. The van der Waals surface area contributed by atoms with Crippen molar-refractivity contribution in [3.05, 3.63) is 24.0 Å². The standard InChI is InChI=1S/C10H12N2OS/c1-13-5-2-6-14-10-3-4-12-9(7-10)8-11/h3-4,7H,2,5-6H2,1H3. The molecular weight excluding hydrogens is 196 g/mol. The van der Waals surface area contributed by atoms with Crippen molar-refractivity contribution in [1.82, 2.24) is 4.98 Å². The van der Waals surface area contributed by atoms with E-state index in [0.29, 0.717) is 5.69 Å². The van der Waals surface area contributed by atoms with Crippen LogP contribution in [0.3, 0.4) is 0 Å². The molecule has 0 radical (unpaired) electrons. The highest BCUT2D eigenvalue weighted by atomic mass is 32.2. The van der Waals surface area contributed by atoms with E-state index < -0.39 is 0 Å². The van der Waals surface area contributed by atoms with E-state index in [0.717, 1.165) is 23.7 Å². The quantitative estimate of drug-likeness (QED) is 0.549. The van der Waals surface area contributed by atoms with Crippen molar-refractivity contribution in [2.75, 3.05) is 19.5 Å². The van der Waals surface area contributed by atoms with E-state index in [2.05, 4.69) is 4.98 Å². The Labute approximate surface area is 88.1 Å². The molecule has 0 spiro atoms. The molecule has 0 amide bonds. The third kappa shape index (κ3) is 3.77. The lowest BCUT2D eigenvalue weighted by Crippen LogP contribution is -1.90. The maximum absolute atomic E-state index is 8.63. The van der Waals surface area contributed by atoms with Gasteiger partial charge < -0.3 is 4.74 Å². The maximum atomic E-state index is 8.63. The summed E-state index contributed by atoms with van der Waals surface area (Å²) in [4.78, 5) is 4.99. The van der Waals surface area contributed by atoms with Crippen molar-refractivity contribution in [1.29, 1.82) is 5.26 Å². The van der Waals surface area contributed by atoms with Gasteiger partial charge in [0.1, 0.15) is 11.8 Å². The summed E-state index contributed by atoms with van der Waals surface area (Å²) < 4.78 is 4.95. The summed E-state index contributed by atoms with van der Waals surface area (Å²) in [5.41, 5.74) is 0.474. The highest BCUT2D eigenvalue weighted by molar-refractivity contribution is 7.99. The molecule has 0 aliphatic heterocycles. The van der Waals surface area contributed by atoms with Crippen molar-refractivity contribution in [3.63, 3.8) is 0 Å². The number of hydrogen-bond donors (Lipinski definition) is 0. The Bertz CT molecular complexity index is 322. The predicted octanol–water partition coefficient (Wildman–Crippen LogP) is 2.08. The van der Waals surface area contributed by atoms with Gasteiger partial charge in [0, 0.05) is 30.6 Å². The smallest absolute Gasteiger partial charge is 0.141 e. The minimum Gasteiger partial charge on any atom is -0.385 e. The van der Waals surface area contributed by atoms with E-state index >= 15 is 0 Å². The van der Waals surface area contributed by atoms with E-state index in [1.807, 2.05) is 12.1 Å². The SMILES string of the molecule is COCCCSc1ccnc(C#N)c1. The zero-order chi connectivity index (χ0) is 10.2. The Hall–Kier alpha value is -1.05. The second kappa shape index (κ2) is 6.41. The van der Waals surface area contributed by atoms with Crippen LogP contribution in [0.1, 0.15) is 12.1 Å². The molecule has 1 aromatic heterocycles. The number of thioether (sulfide) groups is 1. The van der Waals surface area contributed by atoms with Gasteiger partial charge in [-0.2, -0.15) is 5.26 Å². The lowest BCUT2D eigenvalue weighted by atomic mass is 10.4. The van der Waals surface area contributed by atoms with Crippen LogP contribution in [-0.4, -0.2) is 24.5 Å². The summed E-state index contributed by atoms with van der Waals surface area (Å²) >= 11 is 1.72. The van der Waals surface area contributed by atoms with Crippen LogP contribution in [0.25, 0.3) is 0 Å². The van der Waals surface area contributed by atoms with Gasteiger partial charge in [0.2, 0.25) is 0 Å². The molecule has 0 aromatic carbocycles. The van der Waals surface area contributed by atoms with Crippen LogP contribution in [0.2, 0.25) is 0 Å². The van der Waals surface area contributed by atoms with Crippen LogP contribution in [0, 0.1) is 11.3 Å². The average molecular weight is 208 g/mol. The van der Waals surface area contributed by atoms with Crippen molar-refractivity contribution in [2.45, 2.75) is 11.3 Å². The predicted molar refractivity (Wildman–Crippen MR) is 56.2 cm³/mol. The van der Waals surface area contributed by atoms with Gasteiger partial charge in [-0.05, 0) is 18.6 Å². The summed E-state index contributed by atoms with van der Waals surface area (Å²) in [7, 11) is 1.70. The third-order valence-electron chi connectivity index (χ3n) is 1.61. The van der Waals surface area contributed by atoms with Gasteiger partial charge in [-0.25, -0.2) is 4.98 Å². The summed E-state index contributed by atoms with van der Waals surface area (Å²) in [5.74, 6) is 1.00. The van der Waals surface area contributed by atoms with E-state index in [-0.39, 0.29) is 0 Å². The van der Waals surface area contributed by atoms with Crippen LogP contribution < -0.4 is 0 Å². The Balaban J connectivity index is 2.39. The Morgan fingerprint density at radius 2 is 2.50 bits per heavy atom. The monoisotopic (exact) mass is 208 g/mol. The van der Waals surface area contributed by atoms with Crippen molar-refractivity contribution in [2.24, 2.45) is 0 Å². The number of aromatic nitrogens is 1. The molecule has 1 aromatic rings. The van der Waals surface area contributed by atoms with E-state index in [4.69, 9.17) is 10.00 Å². The first-order valence-corrected chi connectivity index (χ1v) is 5.33. The second-order valence-corrected chi connectivity index (χ2v) is 3.85. The summed E-state index contributed by atoms with van der Waals surface area (Å²) in [5, 5.41) is 8.63. The molecule has 0 aliphatic carbocycles. The lowest BCUT2D eigenvalue weighted by molar-refractivity contribution is 0.200. The molecule has 1 heterocycles. The minimum atomic E-state index is 0.474. The van der Waals surface area contributed by atoms with E-state index in [1.165, 1.54) is 0 Å². The zero-order valence-electron chi connectivity index (χ0n) is 8.06. The fraction of sp³-hybridized carbons (Fsp3) is 0.400. The van der Waals surface area contributed by atoms with Gasteiger partial charge in [0.05, 0.1) is 0 Å². The molecule has 0 saturated heterocycles. The molecule has 0 atom stereocenters. The maximum Gasteiger partial charge on any atom is 0.141 e.